The maximum absolute atomic E-state index is 10.7. The molecular formula is C8H7NO6S. The van der Waals surface area contributed by atoms with Crippen LogP contribution in [0.25, 0.3) is 0 Å². The Balaban J connectivity index is 3.07. The van der Waals surface area contributed by atoms with Crippen LogP contribution in [0.4, 0.5) is 5.69 Å². The Kier molecular flexibility index (Phi) is 4.23. The number of hydrogen-bond acceptors (Lipinski definition) is 6. The van der Waals surface area contributed by atoms with Gasteiger partial charge in [-0.3, -0.25) is 10.1 Å². The second kappa shape index (κ2) is 5.45. The zero-order chi connectivity index (χ0) is 12.1. The molecule has 7 nitrogen and oxygen atoms in total. The summed E-state index contributed by atoms with van der Waals surface area (Å²) in [6, 6.07) is 3.63. The van der Waals surface area contributed by atoms with Crippen LogP contribution in [0.3, 0.4) is 0 Å². The number of benzene rings is 1. The van der Waals surface area contributed by atoms with Gasteiger partial charge < -0.3 is 5.11 Å². The summed E-state index contributed by atoms with van der Waals surface area (Å²) in [4.78, 5) is 25.2. The van der Waals surface area contributed by atoms with Crippen molar-refractivity contribution in [1.29, 1.82) is 0 Å². The highest BCUT2D eigenvalue weighted by Crippen LogP contribution is 2.27. The Morgan fingerprint density at radius 2 is 2.25 bits per heavy atom. The van der Waals surface area contributed by atoms with Crippen LogP contribution in [0.15, 0.2) is 23.1 Å². The molecule has 86 valence electrons. The van der Waals surface area contributed by atoms with Gasteiger partial charge in [0, 0.05) is 11.0 Å². The van der Waals surface area contributed by atoms with Gasteiger partial charge in [-0.05, 0) is 12.1 Å². The predicted molar refractivity (Wildman–Crippen MR) is 54.0 cm³/mol. The molecule has 1 aromatic carbocycles. The lowest BCUT2D eigenvalue weighted by Gasteiger charge is -2.01. The number of carbonyl (C=O) groups is 1. The van der Waals surface area contributed by atoms with Crippen LogP contribution in [-0.2, 0) is 9.22 Å². The van der Waals surface area contributed by atoms with Crippen molar-refractivity contribution in [2.24, 2.45) is 0 Å². The minimum absolute atomic E-state index is 0.369. The molecule has 8 heteroatoms. The Labute approximate surface area is 94.3 Å². The molecule has 0 radical (unpaired) electrons. The molecule has 0 bridgehead atoms. The fraction of sp³-hybridized carbons (Fsp3) is 0.125. The molecule has 0 aliphatic carbocycles. The summed E-state index contributed by atoms with van der Waals surface area (Å²) in [5.41, 5.74) is -0.857. The van der Waals surface area contributed by atoms with Crippen LogP contribution in [0.5, 0.6) is 0 Å². The molecule has 0 aliphatic rings. The van der Waals surface area contributed by atoms with E-state index >= 15 is 0 Å². The maximum Gasteiger partial charge on any atom is 0.342 e. The minimum Gasteiger partial charge on any atom is -0.477 e. The van der Waals surface area contributed by atoms with Crippen LogP contribution < -0.4 is 0 Å². The zero-order valence-corrected chi connectivity index (χ0v) is 8.89. The van der Waals surface area contributed by atoms with Gasteiger partial charge in [-0.1, -0.05) is 0 Å². The first-order valence-electron chi connectivity index (χ1n) is 3.95. The number of nitrogens with zero attached hydrogens (tertiary/aromatic N) is 1. The molecule has 0 saturated carbocycles. The Bertz CT molecular complexity index is 421. The molecule has 0 saturated heterocycles. The summed E-state index contributed by atoms with van der Waals surface area (Å²) in [7, 11) is 1.28. The van der Waals surface area contributed by atoms with Crippen LogP contribution in [0.1, 0.15) is 10.4 Å². The van der Waals surface area contributed by atoms with Crippen LogP contribution in [-0.4, -0.2) is 23.1 Å². The molecule has 0 amide bonds. The molecule has 1 N–H and O–H groups in total. The molecule has 0 aromatic heterocycles. The smallest absolute Gasteiger partial charge is 0.342 e. The van der Waals surface area contributed by atoms with Crippen LogP contribution >= 0.6 is 12.0 Å². The quantitative estimate of drug-likeness (QED) is 0.366. The number of aromatic carboxylic acids is 1. The van der Waals surface area contributed by atoms with Crippen molar-refractivity contribution in [3.63, 3.8) is 0 Å². The van der Waals surface area contributed by atoms with Crippen molar-refractivity contribution in [2.45, 2.75) is 4.90 Å². The number of nitro groups is 1. The first kappa shape index (κ1) is 12.4. The average Bonchev–Trinajstić information content (AvgIpc) is 2.25. The number of rotatable bonds is 5. The van der Waals surface area contributed by atoms with Gasteiger partial charge in [0.1, 0.15) is 5.56 Å². The van der Waals surface area contributed by atoms with E-state index in [9.17, 15) is 14.9 Å². The van der Waals surface area contributed by atoms with Crippen molar-refractivity contribution in [3.05, 3.63) is 33.9 Å². The second-order valence-electron chi connectivity index (χ2n) is 2.56. The van der Waals surface area contributed by atoms with Crippen molar-refractivity contribution >= 4 is 23.7 Å². The molecule has 0 unspecified atom stereocenters. The van der Waals surface area contributed by atoms with E-state index in [0.717, 1.165) is 24.2 Å². The minimum atomic E-state index is -1.35. The van der Waals surface area contributed by atoms with Crippen molar-refractivity contribution in [2.75, 3.05) is 7.11 Å². The van der Waals surface area contributed by atoms with E-state index < -0.39 is 16.6 Å². The highest BCUT2D eigenvalue weighted by molar-refractivity contribution is 7.94. The molecule has 0 spiro atoms. The first-order valence-corrected chi connectivity index (χ1v) is 4.69. The number of carboxylic acid groups (broad SMARTS) is 1. The van der Waals surface area contributed by atoms with Gasteiger partial charge in [0.05, 0.1) is 24.1 Å². The van der Waals surface area contributed by atoms with E-state index in [-0.39, 0.29) is 5.56 Å². The lowest BCUT2D eigenvalue weighted by molar-refractivity contribution is -0.385. The Morgan fingerprint density at radius 1 is 1.56 bits per heavy atom. The summed E-state index contributed by atoms with van der Waals surface area (Å²) in [5, 5.41) is 19.3. The SMILES string of the molecule is COOSc1ccc(C(=O)O)c([N+](=O)[O-])c1. The predicted octanol–water partition coefficient (Wildman–Crippen LogP) is 1.88. The van der Waals surface area contributed by atoms with E-state index in [1.807, 2.05) is 0 Å². The molecular weight excluding hydrogens is 238 g/mol. The zero-order valence-electron chi connectivity index (χ0n) is 8.08. The molecule has 0 aliphatic heterocycles. The van der Waals surface area contributed by atoms with Crippen LogP contribution in [0, 0.1) is 10.1 Å². The average molecular weight is 245 g/mol. The lowest BCUT2D eigenvalue weighted by atomic mass is 10.2. The summed E-state index contributed by atoms with van der Waals surface area (Å²) in [6.07, 6.45) is 0. The topological polar surface area (TPSA) is 98.9 Å². The molecule has 1 aromatic rings. The van der Waals surface area contributed by atoms with Gasteiger partial charge in [0.25, 0.3) is 5.69 Å². The number of carboxylic acids is 1. The summed E-state index contributed by atoms with van der Waals surface area (Å²) in [5.74, 6) is -1.35. The summed E-state index contributed by atoms with van der Waals surface area (Å²) >= 11 is 0.753. The van der Waals surface area contributed by atoms with Crippen molar-refractivity contribution < 1.29 is 24.0 Å². The number of nitro benzene ring substituents is 1. The van der Waals surface area contributed by atoms with E-state index in [1.165, 1.54) is 13.2 Å². The van der Waals surface area contributed by atoms with E-state index in [1.54, 1.807) is 0 Å². The fourth-order valence-corrected chi connectivity index (χ4v) is 1.40. The Hall–Kier alpha value is -1.64. The molecule has 0 heterocycles. The van der Waals surface area contributed by atoms with Gasteiger partial charge >= 0.3 is 5.97 Å². The fourth-order valence-electron chi connectivity index (χ4n) is 0.968. The van der Waals surface area contributed by atoms with Crippen molar-refractivity contribution in [1.82, 2.24) is 0 Å². The highest BCUT2D eigenvalue weighted by Gasteiger charge is 2.20. The largest absolute Gasteiger partial charge is 0.477 e. The third-order valence-electron chi connectivity index (χ3n) is 1.59. The molecule has 16 heavy (non-hydrogen) atoms. The van der Waals surface area contributed by atoms with Gasteiger partial charge in [0.15, 0.2) is 0 Å². The van der Waals surface area contributed by atoms with Gasteiger partial charge in [-0.15, -0.1) is 0 Å². The van der Waals surface area contributed by atoms with Crippen LogP contribution in [0.2, 0.25) is 0 Å². The van der Waals surface area contributed by atoms with Gasteiger partial charge in [-0.25, -0.2) is 9.68 Å². The highest BCUT2D eigenvalue weighted by atomic mass is 32.2. The summed E-state index contributed by atoms with van der Waals surface area (Å²) in [6.45, 7) is 0. The van der Waals surface area contributed by atoms with Crippen molar-refractivity contribution in [3.8, 4) is 0 Å². The normalized spacial score (nSPS) is 10.1. The monoisotopic (exact) mass is 245 g/mol. The van der Waals surface area contributed by atoms with E-state index in [2.05, 4.69) is 9.22 Å². The lowest BCUT2D eigenvalue weighted by Crippen LogP contribution is -2.02. The van der Waals surface area contributed by atoms with E-state index in [0.29, 0.717) is 4.90 Å². The van der Waals surface area contributed by atoms with E-state index in [4.69, 9.17) is 5.11 Å². The first-order chi connectivity index (χ1) is 7.56. The van der Waals surface area contributed by atoms with Gasteiger partial charge in [0.2, 0.25) is 0 Å². The summed E-state index contributed by atoms with van der Waals surface area (Å²) < 4.78 is 4.50. The third-order valence-corrected chi connectivity index (χ3v) is 2.25. The third kappa shape index (κ3) is 2.92. The molecule has 1 rings (SSSR count). The molecule has 0 fully saturated rings. The Morgan fingerprint density at radius 3 is 2.75 bits per heavy atom. The van der Waals surface area contributed by atoms with Gasteiger partial charge in [-0.2, -0.15) is 4.33 Å². The molecule has 0 atom stereocenters. The maximum atomic E-state index is 10.7. The second-order valence-corrected chi connectivity index (χ2v) is 3.33. The number of hydrogen-bond donors (Lipinski definition) is 1. The standard InChI is InChI=1S/C8H7NO6S/c1-14-15-16-5-2-3-6(8(10)11)7(4-5)9(12)13/h2-4H,1H3,(H,10,11).